The third-order valence-electron chi connectivity index (χ3n) is 4.63. The fourth-order valence-electron chi connectivity index (χ4n) is 3.07. The highest BCUT2D eigenvalue weighted by Gasteiger charge is 2.20. The number of nitrogens with one attached hydrogen (secondary N) is 1. The number of ether oxygens (including phenoxy) is 1. The third-order valence-corrected chi connectivity index (χ3v) is 5.42. The number of piperidine rings is 1. The third kappa shape index (κ3) is 5.09. The molecule has 0 bridgehead atoms. The molecule has 1 fully saturated rings. The van der Waals surface area contributed by atoms with Crippen molar-refractivity contribution in [3.05, 3.63) is 77.8 Å². The Hall–Kier alpha value is -3.52. The molecule has 7 nitrogen and oxygen atoms in total. The summed E-state index contributed by atoms with van der Waals surface area (Å²) in [5.41, 5.74) is 2.67. The highest BCUT2D eigenvalue weighted by Crippen LogP contribution is 2.27. The Bertz CT molecular complexity index is 1040. The molecule has 0 aliphatic carbocycles. The molecular weight excluding hydrogens is 400 g/mol. The van der Waals surface area contributed by atoms with Crippen LogP contribution in [0.5, 0.6) is 5.06 Å². The topological polar surface area (TPSA) is 84.4 Å². The van der Waals surface area contributed by atoms with Gasteiger partial charge in [0.2, 0.25) is 5.06 Å². The van der Waals surface area contributed by atoms with Crippen LogP contribution in [0.2, 0.25) is 0 Å². The molecule has 2 aromatic heterocycles. The number of nitrogens with zero attached hydrogens (tertiary/aromatic N) is 3. The van der Waals surface area contributed by atoms with Gasteiger partial charge in [-0.1, -0.05) is 41.2 Å². The van der Waals surface area contributed by atoms with E-state index in [1.165, 1.54) is 11.8 Å². The maximum absolute atomic E-state index is 12.5. The highest BCUT2D eigenvalue weighted by molar-refractivity contribution is 7.17. The quantitative estimate of drug-likeness (QED) is 0.630. The number of benzene rings is 1. The van der Waals surface area contributed by atoms with Gasteiger partial charge in [-0.15, -0.1) is 0 Å². The lowest BCUT2D eigenvalue weighted by Crippen LogP contribution is -2.39. The Morgan fingerprint density at radius 3 is 2.53 bits per heavy atom. The van der Waals surface area contributed by atoms with E-state index < -0.39 is 5.97 Å². The Labute approximate surface area is 178 Å². The number of carbonyl (C=O) groups excluding carboxylic acids is 2. The second-order valence-corrected chi connectivity index (χ2v) is 7.71. The van der Waals surface area contributed by atoms with E-state index >= 15 is 0 Å². The summed E-state index contributed by atoms with van der Waals surface area (Å²) in [6.45, 7) is 1.26. The van der Waals surface area contributed by atoms with Crippen LogP contribution in [0.15, 0.2) is 66.5 Å². The maximum Gasteiger partial charge on any atom is 0.344 e. The first-order valence-electron chi connectivity index (χ1n) is 9.57. The summed E-state index contributed by atoms with van der Waals surface area (Å²) >= 11 is 1.12. The fraction of sp³-hybridized carbons (Fsp3) is 0.182. The number of hydrogen-bond acceptors (Lipinski definition) is 6. The number of hydrogen-bond donors (Lipinski definition) is 1. The van der Waals surface area contributed by atoms with Gasteiger partial charge in [-0.05, 0) is 43.2 Å². The van der Waals surface area contributed by atoms with Crippen molar-refractivity contribution in [3.8, 4) is 5.06 Å². The lowest BCUT2D eigenvalue weighted by Gasteiger charge is -2.28. The highest BCUT2D eigenvalue weighted by atomic mass is 32.1. The molecule has 1 aliphatic heterocycles. The van der Waals surface area contributed by atoms with Crippen LogP contribution in [-0.2, 0) is 0 Å². The van der Waals surface area contributed by atoms with Crippen molar-refractivity contribution in [2.24, 2.45) is 0 Å². The van der Waals surface area contributed by atoms with Crippen molar-refractivity contribution in [1.82, 2.24) is 14.9 Å². The van der Waals surface area contributed by atoms with Gasteiger partial charge in [0.15, 0.2) is 5.13 Å². The summed E-state index contributed by atoms with van der Waals surface area (Å²) in [5, 5.41) is 3.51. The van der Waals surface area contributed by atoms with E-state index in [9.17, 15) is 9.59 Å². The van der Waals surface area contributed by atoms with Crippen LogP contribution in [0.4, 0.5) is 9.93 Å². The molecule has 0 spiro atoms. The number of thiazole rings is 1. The summed E-state index contributed by atoms with van der Waals surface area (Å²) in [6.07, 6.45) is 6.91. The Morgan fingerprint density at radius 1 is 1.03 bits per heavy atom. The average Bonchev–Trinajstić information content (AvgIpc) is 3.22. The molecule has 1 aliphatic rings. The van der Waals surface area contributed by atoms with Gasteiger partial charge in [0, 0.05) is 19.3 Å². The van der Waals surface area contributed by atoms with Gasteiger partial charge >= 0.3 is 12.0 Å². The van der Waals surface area contributed by atoms with Crippen molar-refractivity contribution < 1.29 is 14.3 Å². The van der Waals surface area contributed by atoms with Gasteiger partial charge in [0.05, 0.1) is 17.5 Å². The summed E-state index contributed by atoms with van der Waals surface area (Å²) < 4.78 is 5.32. The number of urea groups is 1. The van der Waals surface area contributed by atoms with E-state index in [0.717, 1.165) is 29.9 Å². The van der Waals surface area contributed by atoms with E-state index in [-0.39, 0.29) is 6.03 Å². The minimum Gasteiger partial charge on any atom is -0.410 e. The van der Waals surface area contributed by atoms with Gasteiger partial charge in [-0.3, -0.25) is 10.3 Å². The lowest BCUT2D eigenvalue weighted by atomic mass is 10.0. The van der Waals surface area contributed by atoms with E-state index in [0.29, 0.717) is 28.8 Å². The monoisotopic (exact) mass is 420 g/mol. The zero-order valence-corrected chi connectivity index (χ0v) is 17.0. The van der Waals surface area contributed by atoms with E-state index in [1.807, 2.05) is 24.3 Å². The normalized spacial score (nSPS) is 13.6. The molecule has 4 rings (SSSR count). The summed E-state index contributed by atoms with van der Waals surface area (Å²) in [7, 11) is 0. The van der Waals surface area contributed by atoms with Crippen molar-refractivity contribution in [1.29, 1.82) is 0 Å². The molecule has 30 heavy (non-hydrogen) atoms. The van der Waals surface area contributed by atoms with Gasteiger partial charge in [0.1, 0.15) is 0 Å². The zero-order valence-electron chi connectivity index (χ0n) is 16.2. The number of carbonyl (C=O) groups is 2. The van der Waals surface area contributed by atoms with Crippen LogP contribution in [0, 0.1) is 0 Å². The SMILES string of the molecule is O=C(Oc1cnc(NC(=O)N2CCC(=Cc3ccccn3)CC2)s1)c1ccccc1. The molecule has 1 N–H and O–H groups in total. The van der Waals surface area contributed by atoms with E-state index in [2.05, 4.69) is 21.4 Å². The predicted octanol–water partition coefficient (Wildman–Crippen LogP) is 4.47. The molecule has 0 unspecified atom stereocenters. The van der Waals surface area contributed by atoms with Crippen LogP contribution >= 0.6 is 11.3 Å². The van der Waals surface area contributed by atoms with Crippen LogP contribution < -0.4 is 10.1 Å². The molecular formula is C22H20N4O3S. The molecule has 2 amide bonds. The first-order valence-corrected chi connectivity index (χ1v) is 10.4. The predicted molar refractivity (Wildman–Crippen MR) is 116 cm³/mol. The van der Waals surface area contributed by atoms with Gasteiger partial charge in [-0.2, -0.15) is 0 Å². The maximum atomic E-state index is 12.5. The first kappa shape index (κ1) is 19.8. The van der Waals surface area contributed by atoms with Gasteiger partial charge in [0.25, 0.3) is 0 Å². The molecule has 3 aromatic rings. The Balaban J connectivity index is 1.29. The molecule has 152 valence electrons. The summed E-state index contributed by atoms with van der Waals surface area (Å²) in [5.74, 6) is -0.458. The Kier molecular flexibility index (Phi) is 6.14. The van der Waals surface area contributed by atoms with E-state index in [4.69, 9.17) is 4.74 Å². The second kappa shape index (κ2) is 9.32. The molecule has 1 aromatic carbocycles. The van der Waals surface area contributed by atoms with Gasteiger partial charge < -0.3 is 9.64 Å². The standard InChI is InChI=1S/C22H20N4O3S/c27-20(17-6-2-1-3-7-17)29-19-15-24-21(30-19)25-22(28)26-12-9-16(10-13-26)14-18-8-4-5-11-23-18/h1-8,11,14-15H,9-10,12-13H2,(H,24,25,28). The number of aromatic nitrogens is 2. The molecule has 0 saturated carbocycles. The number of amides is 2. The number of pyridine rings is 1. The number of esters is 1. The minimum absolute atomic E-state index is 0.206. The van der Waals surface area contributed by atoms with Crippen LogP contribution in [-0.4, -0.2) is 40.0 Å². The largest absolute Gasteiger partial charge is 0.410 e. The van der Waals surface area contributed by atoms with Crippen molar-refractivity contribution in [2.45, 2.75) is 12.8 Å². The Morgan fingerprint density at radius 2 is 1.80 bits per heavy atom. The van der Waals surface area contributed by atoms with Crippen LogP contribution in [0.3, 0.4) is 0 Å². The number of rotatable bonds is 4. The first-order chi connectivity index (χ1) is 14.7. The summed E-state index contributed by atoms with van der Waals surface area (Å²) in [6, 6.07) is 14.3. The minimum atomic E-state index is -0.458. The molecule has 1 saturated heterocycles. The fourth-order valence-corrected chi connectivity index (χ4v) is 3.73. The van der Waals surface area contributed by atoms with Crippen LogP contribution in [0.1, 0.15) is 28.9 Å². The van der Waals surface area contributed by atoms with Crippen LogP contribution in [0.25, 0.3) is 6.08 Å². The van der Waals surface area contributed by atoms with Gasteiger partial charge in [-0.25, -0.2) is 14.6 Å². The molecule has 3 heterocycles. The number of likely N-dealkylation sites (tertiary alicyclic amines) is 1. The molecule has 8 heteroatoms. The van der Waals surface area contributed by atoms with Crippen molar-refractivity contribution in [3.63, 3.8) is 0 Å². The number of anilines is 1. The zero-order chi connectivity index (χ0) is 20.8. The second-order valence-electron chi connectivity index (χ2n) is 6.71. The lowest BCUT2D eigenvalue weighted by molar-refractivity contribution is 0.0740. The summed E-state index contributed by atoms with van der Waals surface area (Å²) in [4.78, 5) is 34.8. The van der Waals surface area contributed by atoms with Crippen molar-refractivity contribution in [2.75, 3.05) is 18.4 Å². The van der Waals surface area contributed by atoms with E-state index in [1.54, 1.807) is 35.4 Å². The molecule has 0 radical (unpaired) electrons. The molecule has 0 atom stereocenters. The van der Waals surface area contributed by atoms with Crippen molar-refractivity contribution >= 4 is 34.5 Å². The smallest absolute Gasteiger partial charge is 0.344 e. The average molecular weight is 420 g/mol.